The number of aromatic nitrogens is 1. The average Bonchev–Trinajstić information content (AvgIpc) is 2.39. The van der Waals surface area contributed by atoms with Crippen molar-refractivity contribution in [3.8, 4) is 0 Å². The molecule has 2 nitrogen and oxygen atoms in total. The van der Waals surface area contributed by atoms with E-state index in [9.17, 15) is 5.11 Å². The van der Waals surface area contributed by atoms with Gasteiger partial charge in [-0.2, -0.15) is 0 Å². The number of pyridine rings is 1. The molecule has 1 heterocycles. The van der Waals surface area contributed by atoms with Gasteiger partial charge in [-0.05, 0) is 30.5 Å². The number of aliphatic hydroxyl groups is 1. The fourth-order valence-corrected chi connectivity index (χ4v) is 1.90. The Morgan fingerprint density at radius 1 is 1.18 bits per heavy atom. The van der Waals surface area contributed by atoms with Crippen molar-refractivity contribution in [2.45, 2.75) is 26.4 Å². The lowest BCUT2D eigenvalue weighted by atomic mass is 9.99. The third kappa shape index (κ3) is 2.53. The minimum Gasteiger partial charge on any atom is -0.384 e. The van der Waals surface area contributed by atoms with Crippen molar-refractivity contribution >= 4 is 0 Å². The van der Waals surface area contributed by atoms with Crippen LogP contribution in [0.25, 0.3) is 0 Å². The van der Waals surface area contributed by atoms with E-state index in [0.717, 1.165) is 23.2 Å². The summed E-state index contributed by atoms with van der Waals surface area (Å²) in [5.74, 6) is 0. The number of benzene rings is 1. The fourth-order valence-electron chi connectivity index (χ4n) is 1.90. The summed E-state index contributed by atoms with van der Waals surface area (Å²) < 4.78 is 0. The third-order valence-electron chi connectivity index (χ3n) is 3.05. The number of nitrogens with zero attached hydrogens (tertiary/aromatic N) is 1. The van der Waals surface area contributed by atoms with Crippen molar-refractivity contribution in [3.63, 3.8) is 0 Å². The first-order valence-electron chi connectivity index (χ1n) is 5.90. The quantitative estimate of drug-likeness (QED) is 0.874. The molecule has 17 heavy (non-hydrogen) atoms. The first kappa shape index (κ1) is 11.8. The molecule has 88 valence electrons. The highest BCUT2D eigenvalue weighted by Crippen LogP contribution is 2.23. The Hall–Kier alpha value is -1.67. The van der Waals surface area contributed by atoms with Crippen LogP contribution >= 0.6 is 0 Å². The summed E-state index contributed by atoms with van der Waals surface area (Å²) in [5.41, 5.74) is 3.94. The van der Waals surface area contributed by atoms with E-state index in [0.29, 0.717) is 0 Å². The maximum atomic E-state index is 10.3. The molecular formula is C15H17NO. The van der Waals surface area contributed by atoms with Gasteiger partial charge < -0.3 is 5.11 Å². The zero-order valence-corrected chi connectivity index (χ0v) is 10.2. The number of aryl methyl sites for hydroxylation is 2. The van der Waals surface area contributed by atoms with Crippen molar-refractivity contribution in [2.24, 2.45) is 0 Å². The predicted molar refractivity (Wildman–Crippen MR) is 68.9 cm³/mol. The van der Waals surface area contributed by atoms with Crippen molar-refractivity contribution in [1.82, 2.24) is 4.98 Å². The smallest absolute Gasteiger partial charge is 0.106 e. The van der Waals surface area contributed by atoms with Gasteiger partial charge in [0.1, 0.15) is 6.10 Å². The van der Waals surface area contributed by atoms with E-state index >= 15 is 0 Å². The largest absolute Gasteiger partial charge is 0.384 e. The van der Waals surface area contributed by atoms with Crippen molar-refractivity contribution in [1.29, 1.82) is 0 Å². The van der Waals surface area contributed by atoms with E-state index in [1.807, 2.05) is 31.2 Å². The molecular weight excluding hydrogens is 210 g/mol. The molecule has 2 heteroatoms. The molecule has 2 rings (SSSR count). The zero-order valence-electron chi connectivity index (χ0n) is 10.2. The van der Waals surface area contributed by atoms with Crippen LogP contribution < -0.4 is 0 Å². The molecule has 2 aromatic rings. The molecule has 0 radical (unpaired) electrons. The van der Waals surface area contributed by atoms with Crippen molar-refractivity contribution in [2.75, 3.05) is 0 Å². The second-order valence-electron chi connectivity index (χ2n) is 4.18. The molecule has 1 N–H and O–H groups in total. The monoisotopic (exact) mass is 227 g/mol. The predicted octanol–water partition coefficient (Wildman–Crippen LogP) is 3.03. The Morgan fingerprint density at radius 2 is 1.88 bits per heavy atom. The van der Waals surface area contributed by atoms with E-state index in [-0.39, 0.29) is 0 Å². The number of rotatable bonds is 3. The highest BCUT2D eigenvalue weighted by molar-refractivity contribution is 5.33. The van der Waals surface area contributed by atoms with Gasteiger partial charge in [-0.3, -0.25) is 4.98 Å². The molecule has 1 aromatic heterocycles. The lowest BCUT2D eigenvalue weighted by Crippen LogP contribution is -2.03. The van der Waals surface area contributed by atoms with Crippen LogP contribution in [0.1, 0.15) is 35.4 Å². The van der Waals surface area contributed by atoms with Gasteiger partial charge >= 0.3 is 0 Å². The summed E-state index contributed by atoms with van der Waals surface area (Å²) >= 11 is 0. The Bertz CT molecular complexity index is 491. The molecule has 1 atom stereocenters. The molecule has 0 spiro atoms. The van der Waals surface area contributed by atoms with Crippen LogP contribution in [0.5, 0.6) is 0 Å². The molecule has 0 aliphatic rings. The van der Waals surface area contributed by atoms with E-state index in [1.54, 1.807) is 6.20 Å². The minimum atomic E-state index is -0.588. The number of aliphatic hydroxyl groups excluding tert-OH is 1. The topological polar surface area (TPSA) is 33.1 Å². The van der Waals surface area contributed by atoms with Crippen molar-refractivity contribution in [3.05, 3.63) is 65.0 Å². The van der Waals surface area contributed by atoms with Crippen molar-refractivity contribution < 1.29 is 5.11 Å². The van der Waals surface area contributed by atoms with E-state index in [2.05, 4.69) is 24.0 Å². The summed E-state index contributed by atoms with van der Waals surface area (Å²) in [7, 11) is 0. The van der Waals surface area contributed by atoms with Gasteiger partial charge in [0.15, 0.2) is 0 Å². The average molecular weight is 227 g/mol. The molecule has 0 aliphatic carbocycles. The van der Waals surface area contributed by atoms with Gasteiger partial charge in [0, 0.05) is 17.5 Å². The van der Waals surface area contributed by atoms with Crippen LogP contribution in [0.4, 0.5) is 0 Å². The lowest BCUT2D eigenvalue weighted by Gasteiger charge is -2.13. The second-order valence-corrected chi connectivity index (χ2v) is 4.18. The van der Waals surface area contributed by atoms with Gasteiger partial charge in [0.25, 0.3) is 0 Å². The molecule has 0 saturated heterocycles. The number of hydrogen-bond acceptors (Lipinski definition) is 2. The van der Waals surface area contributed by atoms with Crippen LogP contribution in [-0.4, -0.2) is 10.1 Å². The maximum absolute atomic E-state index is 10.3. The zero-order chi connectivity index (χ0) is 12.3. The van der Waals surface area contributed by atoms with E-state index in [4.69, 9.17) is 0 Å². The highest BCUT2D eigenvalue weighted by Gasteiger charge is 2.12. The van der Waals surface area contributed by atoms with Gasteiger partial charge in [-0.1, -0.05) is 37.3 Å². The Balaban J connectivity index is 2.30. The summed E-state index contributed by atoms with van der Waals surface area (Å²) in [5, 5.41) is 10.3. The van der Waals surface area contributed by atoms with Crippen LogP contribution in [0.2, 0.25) is 0 Å². The van der Waals surface area contributed by atoms with Crippen LogP contribution in [-0.2, 0) is 6.42 Å². The SMILES string of the molecule is CCc1ccc(C(O)c2cccnc2C)cc1. The van der Waals surface area contributed by atoms with Gasteiger partial charge in [-0.25, -0.2) is 0 Å². The van der Waals surface area contributed by atoms with Gasteiger partial charge in [0.2, 0.25) is 0 Å². The molecule has 1 aromatic carbocycles. The number of hydrogen-bond donors (Lipinski definition) is 1. The first-order valence-corrected chi connectivity index (χ1v) is 5.90. The normalized spacial score (nSPS) is 12.4. The van der Waals surface area contributed by atoms with Gasteiger partial charge in [-0.15, -0.1) is 0 Å². The Morgan fingerprint density at radius 3 is 2.47 bits per heavy atom. The molecule has 0 amide bonds. The van der Waals surface area contributed by atoms with Crippen LogP contribution in [0.15, 0.2) is 42.6 Å². The van der Waals surface area contributed by atoms with Crippen LogP contribution in [0.3, 0.4) is 0 Å². The van der Waals surface area contributed by atoms with E-state index in [1.165, 1.54) is 5.56 Å². The highest BCUT2D eigenvalue weighted by atomic mass is 16.3. The second kappa shape index (κ2) is 5.11. The molecule has 0 bridgehead atoms. The lowest BCUT2D eigenvalue weighted by molar-refractivity contribution is 0.219. The summed E-state index contributed by atoms with van der Waals surface area (Å²) in [6, 6.07) is 11.9. The maximum Gasteiger partial charge on any atom is 0.106 e. The minimum absolute atomic E-state index is 0.588. The summed E-state index contributed by atoms with van der Waals surface area (Å²) in [6.07, 6.45) is 2.17. The van der Waals surface area contributed by atoms with E-state index < -0.39 is 6.10 Å². The molecule has 0 aliphatic heterocycles. The summed E-state index contributed by atoms with van der Waals surface area (Å²) in [4.78, 5) is 4.20. The van der Waals surface area contributed by atoms with Gasteiger partial charge in [0.05, 0.1) is 0 Å². The standard InChI is InChI=1S/C15H17NO/c1-3-12-6-8-13(9-7-12)15(17)14-5-4-10-16-11(14)2/h4-10,15,17H,3H2,1-2H3. The molecule has 0 saturated carbocycles. The Kier molecular flexibility index (Phi) is 3.55. The Labute approximate surface area is 102 Å². The first-order chi connectivity index (χ1) is 8.22. The molecule has 0 fully saturated rings. The van der Waals surface area contributed by atoms with Crippen LogP contribution in [0, 0.1) is 6.92 Å². The summed E-state index contributed by atoms with van der Waals surface area (Å²) in [6.45, 7) is 4.04. The third-order valence-corrected chi connectivity index (χ3v) is 3.05. The molecule has 1 unspecified atom stereocenters. The fraction of sp³-hybridized carbons (Fsp3) is 0.267.